The van der Waals surface area contributed by atoms with Gasteiger partial charge in [-0.05, 0) is 22.0 Å². The highest BCUT2D eigenvalue weighted by atomic mass is 79.9. The van der Waals surface area contributed by atoms with Gasteiger partial charge in [0.1, 0.15) is 6.54 Å². The second-order valence-corrected chi connectivity index (χ2v) is 5.45. The Hall–Kier alpha value is -1.67. The molecule has 0 radical (unpaired) electrons. The molecule has 7 nitrogen and oxygen atoms in total. The summed E-state index contributed by atoms with van der Waals surface area (Å²) in [4.78, 5) is 36.9. The van der Waals surface area contributed by atoms with Gasteiger partial charge in [-0.3, -0.25) is 9.59 Å². The summed E-state index contributed by atoms with van der Waals surface area (Å²) in [5, 5.41) is 0. The number of halogens is 1. The summed E-state index contributed by atoms with van der Waals surface area (Å²) in [5.74, 6) is -0.750. The molecule has 0 N–H and O–H groups in total. The van der Waals surface area contributed by atoms with E-state index in [0.717, 1.165) is 0 Å². The molecule has 114 valence electrons. The quantitative estimate of drug-likeness (QED) is 0.711. The Morgan fingerprint density at radius 2 is 2.24 bits per heavy atom. The fraction of sp³-hybridized carbons (Fsp3) is 0.462. The van der Waals surface area contributed by atoms with Crippen LogP contribution in [0, 0.1) is 0 Å². The summed E-state index contributed by atoms with van der Waals surface area (Å²) in [6, 6.07) is 3.00. The zero-order valence-electron chi connectivity index (χ0n) is 11.5. The van der Waals surface area contributed by atoms with Gasteiger partial charge in [0.15, 0.2) is 6.10 Å². The molecule has 1 fully saturated rings. The third-order valence-corrected chi connectivity index (χ3v) is 3.61. The zero-order valence-corrected chi connectivity index (χ0v) is 13.0. The van der Waals surface area contributed by atoms with Crippen LogP contribution in [0.1, 0.15) is 0 Å². The predicted octanol–water partition coefficient (Wildman–Crippen LogP) is 0.0112. The van der Waals surface area contributed by atoms with E-state index in [1.165, 1.54) is 22.6 Å². The first-order valence-corrected chi connectivity index (χ1v) is 7.14. The second-order valence-electron chi connectivity index (χ2n) is 4.54. The molecule has 0 spiro atoms. The molecular weight excluding hydrogens is 344 g/mol. The van der Waals surface area contributed by atoms with E-state index in [9.17, 15) is 14.4 Å². The minimum Gasteiger partial charge on any atom is -0.467 e. The summed E-state index contributed by atoms with van der Waals surface area (Å²) in [5.41, 5.74) is -0.260. The number of carbonyl (C=O) groups is 2. The van der Waals surface area contributed by atoms with Crippen LogP contribution in [0.25, 0.3) is 0 Å². The molecule has 1 aromatic heterocycles. The fourth-order valence-electron chi connectivity index (χ4n) is 2.02. The largest absolute Gasteiger partial charge is 0.467 e. The highest BCUT2D eigenvalue weighted by Gasteiger charge is 2.29. The Balaban J connectivity index is 2.04. The van der Waals surface area contributed by atoms with Crippen molar-refractivity contribution < 1.29 is 19.1 Å². The number of ether oxygens (including phenoxy) is 2. The van der Waals surface area contributed by atoms with Gasteiger partial charge in [-0.1, -0.05) is 0 Å². The van der Waals surface area contributed by atoms with Crippen molar-refractivity contribution in [1.29, 1.82) is 0 Å². The predicted molar refractivity (Wildman–Crippen MR) is 76.7 cm³/mol. The second kappa shape index (κ2) is 6.86. The molecule has 1 atom stereocenters. The molecule has 21 heavy (non-hydrogen) atoms. The molecule has 1 amide bonds. The van der Waals surface area contributed by atoms with Gasteiger partial charge >= 0.3 is 5.97 Å². The smallest absolute Gasteiger partial charge is 0.336 e. The summed E-state index contributed by atoms with van der Waals surface area (Å²) in [6.07, 6.45) is 0.783. The minimum absolute atomic E-state index is 0.0772. The number of hydrogen-bond donors (Lipinski definition) is 0. The van der Waals surface area contributed by atoms with Crippen LogP contribution in [-0.4, -0.2) is 54.3 Å². The van der Waals surface area contributed by atoms with Gasteiger partial charge in [0.2, 0.25) is 5.91 Å². The number of esters is 1. The number of aromatic nitrogens is 1. The molecule has 1 aliphatic rings. The minimum atomic E-state index is -0.771. The third-order valence-electron chi connectivity index (χ3n) is 3.14. The Kier molecular flexibility index (Phi) is 5.13. The van der Waals surface area contributed by atoms with E-state index in [2.05, 4.69) is 20.7 Å². The lowest BCUT2D eigenvalue weighted by molar-refractivity contribution is -0.162. The van der Waals surface area contributed by atoms with Crippen molar-refractivity contribution in [2.75, 3.05) is 26.8 Å². The Morgan fingerprint density at radius 1 is 1.48 bits per heavy atom. The molecular formula is C13H15BrN2O5. The first-order chi connectivity index (χ1) is 10.0. The van der Waals surface area contributed by atoms with Crippen LogP contribution in [0.3, 0.4) is 0 Å². The SMILES string of the molecule is COC(=O)C1CN(C(=O)Cn2cc(Br)ccc2=O)CCO1. The zero-order chi connectivity index (χ0) is 15.4. The van der Waals surface area contributed by atoms with Gasteiger partial charge in [-0.2, -0.15) is 0 Å². The maximum atomic E-state index is 12.2. The molecule has 1 unspecified atom stereocenters. The Bertz CT molecular complexity index is 600. The molecule has 0 aromatic carbocycles. The van der Waals surface area contributed by atoms with E-state index >= 15 is 0 Å². The lowest BCUT2D eigenvalue weighted by Gasteiger charge is -2.31. The number of amides is 1. The number of hydrogen-bond acceptors (Lipinski definition) is 5. The molecule has 8 heteroatoms. The van der Waals surface area contributed by atoms with Crippen LogP contribution in [0.2, 0.25) is 0 Å². The van der Waals surface area contributed by atoms with E-state index in [1.54, 1.807) is 12.3 Å². The van der Waals surface area contributed by atoms with Crippen molar-refractivity contribution in [2.24, 2.45) is 0 Å². The van der Waals surface area contributed by atoms with Crippen LogP contribution < -0.4 is 5.56 Å². The third kappa shape index (κ3) is 3.92. The highest BCUT2D eigenvalue weighted by molar-refractivity contribution is 9.10. The van der Waals surface area contributed by atoms with Crippen LogP contribution in [0.4, 0.5) is 0 Å². The van der Waals surface area contributed by atoms with Crippen molar-refractivity contribution in [3.05, 3.63) is 33.2 Å². The molecule has 0 bridgehead atoms. The van der Waals surface area contributed by atoms with Gasteiger partial charge in [0.05, 0.1) is 20.3 Å². The van der Waals surface area contributed by atoms with Crippen molar-refractivity contribution in [1.82, 2.24) is 9.47 Å². The summed E-state index contributed by atoms with van der Waals surface area (Å²) >= 11 is 3.25. The monoisotopic (exact) mass is 358 g/mol. The van der Waals surface area contributed by atoms with Gasteiger partial charge in [0, 0.05) is 23.3 Å². The van der Waals surface area contributed by atoms with Crippen molar-refractivity contribution in [3.8, 4) is 0 Å². The van der Waals surface area contributed by atoms with E-state index in [4.69, 9.17) is 4.74 Å². The van der Waals surface area contributed by atoms with Crippen LogP contribution >= 0.6 is 15.9 Å². The lowest BCUT2D eigenvalue weighted by atomic mass is 10.2. The maximum absolute atomic E-state index is 12.2. The average molecular weight is 359 g/mol. The molecule has 2 heterocycles. The van der Waals surface area contributed by atoms with Gasteiger partial charge < -0.3 is 18.9 Å². The van der Waals surface area contributed by atoms with Crippen molar-refractivity contribution >= 4 is 27.8 Å². The Morgan fingerprint density at radius 3 is 2.95 bits per heavy atom. The molecule has 1 aromatic rings. The van der Waals surface area contributed by atoms with E-state index in [1.807, 2.05) is 0 Å². The molecule has 0 aliphatic carbocycles. The standard InChI is InChI=1S/C13H15BrN2O5/c1-20-13(19)10-7-15(4-5-21-10)12(18)8-16-6-9(14)2-3-11(16)17/h2-3,6,10H,4-5,7-8H2,1H3. The van der Waals surface area contributed by atoms with E-state index in [-0.39, 0.29) is 31.2 Å². The van der Waals surface area contributed by atoms with Gasteiger partial charge in [-0.25, -0.2) is 4.79 Å². The highest BCUT2D eigenvalue weighted by Crippen LogP contribution is 2.09. The lowest BCUT2D eigenvalue weighted by Crippen LogP contribution is -2.50. The number of nitrogens with zero attached hydrogens (tertiary/aromatic N) is 2. The average Bonchev–Trinajstić information content (AvgIpc) is 2.50. The van der Waals surface area contributed by atoms with E-state index in [0.29, 0.717) is 11.0 Å². The number of rotatable bonds is 3. The molecule has 1 aliphatic heterocycles. The van der Waals surface area contributed by atoms with Crippen molar-refractivity contribution in [3.63, 3.8) is 0 Å². The first-order valence-electron chi connectivity index (χ1n) is 6.34. The number of carbonyl (C=O) groups excluding carboxylic acids is 2. The summed E-state index contributed by atoms with van der Waals surface area (Å²) in [6.45, 7) is 0.703. The van der Waals surface area contributed by atoms with Crippen LogP contribution in [0.5, 0.6) is 0 Å². The summed E-state index contributed by atoms with van der Waals surface area (Å²) in [7, 11) is 1.27. The molecule has 0 saturated carbocycles. The van der Waals surface area contributed by atoms with Gasteiger partial charge in [-0.15, -0.1) is 0 Å². The maximum Gasteiger partial charge on any atom is 0.336 e. The fourth-order valence-corrected chi connectivity index (χ4v) is 2.40. The molecule has 2 rings (SSSR count). The topological polar surface area (TPSA) is 77.8 Å². The number of pyridine rings is 1. The number of morpholine rings is 1. The van der Waals surface area contributed by atoms with Crippen molar-refractivity contribution in [2.45, 2.75) is 12.6 Å². The Labute approximate surface area is 129 Å². The first kappa shape index (κ1) is 15.7. The van der Waals surface area contributed by atoms with Crippen LogP contribution in [-0.2, 0) is 25.6 Å². The van der Waals surface area contributed by atoms with Crippen LogP contribution in [0.15, 0.2) is 27.6 Å². The number of methoxy groups -OCH3 is 1. The normalized spacial score (nSPS) is 18.4. The van der Waals surface area contributed by atoms with E-state index < -0.39 is 12.1 Å². The molecule has 1 saturated heterocycles. The van der Waals surface area contributed by atoms with Gasteiger partial charge in [0.25, 0.3) is 5.56 Å². The summed E-state index contributed by atoms with van der Waals surface area (Å²) < 4.78 is 11.9.